The molecular formula is C20H16N8O. The average molecular weight is 384 g/mol. The molecule has 0 atom stereocenters. The second-order valence-corrected chi connectivity index (χ2v) is 6.46. The molecule has 4 heterocycles. The van der Waals surface area contributed by atoms with Crippen LogP contribution in [0.25, 0.3) is 33.7 Å². The lowest BCUT2D eigenvalue weighted by Gasteiger charge is -2.06. The van der Waals surface area contributed by atoms with Crippen molar-refractivity contribution in [3.05, 3.63) is 66.4 Å². The van der Waals surface area contributed by atoms with E-state index in [0.29, 0.717) is 17.9 Å². The molecule has 0 radical (unpaired) electrons. The number of nitrogens with one attached hydrogen (secondary N) is 2. The van der Waals surface area contributed by atoms with E-state index in [1.54, 1.807) is 19.5 Å². The summed E-state index contributed by atoms with van der Waals surface area (Å²) in [6.45, 7) is 0. The van der Waals surface area contributed by atoms with E-state index < -0.39 is 0 Å². The highest BCUT2D eigenvalue weighted by Crippen LogP contribution is 2.33. The summed E-state index contributed by atoms with van der Waals surface area (Å²) >= 11 is 0. The number of hydrogen-bond acceptors (Lipinski definition) is 7. The van der Waals surface area contributed by atoms with E-state index in [0.717, 1.165) is 39.2 Å². The molecule has 5 rings (SSSR count). The number of aromatic nitrogens is 8. The van der Waals surface area contributed by atoms with Crippen molar-refractivity contribution in [1.29, 1.82) is 0 Å². The molecule has 29 heavy (non-hydrogen) atoms. The van der Waals surface area contributed by atoms with E-state index >= 15 is 0 Å². The van der Waals surface area contributed by atoms with Crippen LogP contribution in [0, 0.1) is 0 Å². The first-order chi connectivity index (χ1) is 14.3. The number of aromatic amines is 2. The van der Waals surface area contributed by atoms with Crippen molar-refractivity contribution >= 4 is 10.9 Å². The van der Waals surface area contributed by atoms with E-state index in [-0.39, 0.29) is 0 Å². The largest absolute Gasteiger partial charge is 0.497 e. The Morgan fingerprint density at radius 2 is 1.97 bits per heavy atom. The van der Waals surface area contributed by atoms with Gasteiger partial charge in [-0.2, -0.15) is 0 Å². The molecule has 5 aromatic rings. The van der Waals surface area contributed by atoms with E-state index in [1.807, 2.05) is 30.3 Å². The van der Waals surface area contributed by atoms with Gasteiger partial charge in [-0.15, -0.1) is 5.10 Å². The second kappa shape index (κ2) is 7.12. The van der Waals surface area contributed by atoms with Crippen LogP contribution in [-0.2, 0) is 6.42 Å². The SMILES string of the molecule is COc1ccc2c(Cc3cccc(-c4nnn[nH]4)n3)c(-c3cncnc3)[nH]c2c1. The topological polar surface area (TPSA) is 118 Å². The van der Waals surface area contributed by atoms with Crippen LogP contribution in [0.2, 0.25) is 0 Å². The third kappa shape index (κ3) is 3.18. The zero-order chi connectivity index (χ0) is 19.6. The van der Waals surface area contributed by atoms with Crippen LogP contribution in [0.5, 0.6) is 5.75 Å². The minimum absolute atomic E-state index is 0.534. The number of methoxy groups -OCH3 is 1. The molecule has 2 N–H and O–H groups in total. The molecule has 0 saturated heterocycles. The molecule has 0 saturated carbocycles. The highest BCUT2D eigenvalue weighted by Gasteiger charge is 2.16. The summed E-state index contributed by atoms with van der Waals surface area (Å²) in [6.07, 6.45) is 5.72. The lowest BCUT2D eigenvalue weighted by atomic mass is 10.0. The number of H-pyrrole nitrogens is 2. The van der Waals surface area contributed by atoms with Crippen molar-refractivity contribution in [2.24, 2.45) is 0 Å². The van der Waals surface area contributed by atoms with Crippen LogP contribution < -0.4 is 4.74 Å². The van der Waals surface area contributed by atoms with Gasteiger partial charge in [0.25, 0.3) is 0 Å². The molecule has 0 aliphatic rings. The van der Waals surface area contributed by atoms with Crippen molar-refractivity contribution in [2.45, 2.75) is 6.42 Å². The fourth-order valence-corrected chi connectivity index (χ4v) is 3.38. The van der Waals surface area contributed by atoms with Crippen molar-refractivity contribution in [3.63, 3.8) is 0 Å². The predicted molar refractivity (Wildman–Crippen MR) is 106 cm³/mol. The first-order valence-electron chi connectivity index (χ1n) is 8.96. The van der Waals surface area contributed by atoms with Crippen molar-refractivity contribution < 1.29 is 4.74 Å². The number of rotatable bonds is 5. The van der Waals surface area contributed by atoms with Crippen LogP contribution in [0.1, 0.15) is 11.3 Å². The summed E-state index contributed by atoms with van der Waals surface area (Å²) in [5, 5.41) is 15.0. The number of hydrogen-bond donors (Lipinski definition) is 2. The minimum atomic E-state index is 0.534. The van der Waals surface area contributed by atoms with Crippen molar-refractivity contribution in [2.75, 3.05) is 7.11 Å². The van der Waals surface area contributed by atoms with Crippen molar-refractivity contribution in [1.82, 2.24) is 40.6 Å². The fourth-order valence-electron chi connectivity index (χ4n) is 3.38. The molecule has 142 valence electrons. The third-order valence-electron chi connectivity index (χ3n) is 4.72. The molecule has 0 aliphatic heterocycles. The summed E-state index contributed by atoms with van der Waals surface area (Å²) in [7, 11) is 1.66. The van der Waals surface area contributed by atoms with Gasteiger partial charge in [-0.05, 0) is 40.3 Å². The Hall–Kier alpha value is -4.14. The Labute approximate surface area is 165 Å². The number of fused-ring (bicyclic) bond motifs is 1. The van der Waals surface area contributed by atoms with Crippen LogP contribution in [0.15, 0.2) is 55.1 Å². The molecular weight excluding hydrogens is 368 g/mol. The summed E-state index contributed by atoms with van der Waals surface area (Å²) in [5.74, 6) is 1.33. The van der Waals surface area contributed by atoms with Gasteiger partial charge in [-0.25, -0.2) is 20.1 Å². The molecule has 9 nitrogen and oxygen atoms in total. The summed E-state index contributed by atoms with van der Waals surface area (Å²) in [4.78, 5) is 16.5. The maximum atomic E-state index is 5.37. The first kappa shape index (κ1) is 17.0. The molecule has 4 aromatic heterocycles. The summed E-state index contributed by atoms with van der Waals surface area (Å²) in [6, 6.07) is 11.8. The molecule has 0 aliphatic carbocycles. The molecule has 0 bridgehead atoms. The lowest BCUT2D eigenvalue weighted by molar-refractivity contribution is 0.415. The number of ether oxygens (including phenoxy) is 1. The molecule has 0 amide bonds. The molecule has 9 heteroatoms. The van der Waals surface area contributed by atoms with Gasteiger partial charge in [0, 0.05) is 47.0 Å². The van der Waals surface area contributed by atoms with Gasteiger partial charge in [0.2, 0.25) is 0 Å². The fraction of sp³-hybridized carbons (Fsp3) is 0.100. The van der Waals surface area contributed by atoms with Crippen LogP contribution in [0.4, 0.5) is 0 Å². The highest BCUT2D eigenvalue weighted by molar-refractivity contribution is 5.91. The molecule has 0 spiro atoms. The third-order valence-corrected chi connectivity index (χ3v) is 4.72. The van der Waals surface area contributed by atoms with E-state index in [2.05, 4.69) is 41.6 Å². The smallest absolute Gasteiger partial charge is 0.198 e. The maximum absolute atomic E-state index is 5.37. The van der Waals surface area contributed by atoms with Gasteiger partial charge in [-0.3, -0.25) is 0 Å². The first-order valence-corrected chi connectivity index (χ1v) is 8.96. The summed E-state index contributed by atoms with van der Waals surface area (Å²) in [5.41, 5.74) is 5.55. The predicted octanol–water partition coefficient (Wildman–Crippen LogP) is 2.80. The Bertz CT molecular complexity index is 1260. The lowest BCUT2D eigenvalue weighted by Crippen LogP contribution is -1.96. The quantitative estimate of drug-likeness (QED) is 0.478. The van der Waals surface area contributed by atoms with E-state index in [9.17, 15) is 0 Å². The Morgan fingerprint density at radius 1 is 1.07 bits per heavy atom. The van der Waals surface area contributed by atoms with Crippen LogP contribution >= 0.6 is 0 Å². The number of nitrogens with zero attached hydrogens (tertiary/aromatic N) is 6. The Kier molecular flexibility index (Phi) is 4.17. The highest BCUT2D eigenvalue weighted by atomic mass is 16.5. The standard InChI is InChI=1S/C20H16N8O/c1-29-14-5-6-15-16(19(24-18(15)8-14)12-9-21-11-22-10-12)7-13-3-2-4-17(23-13)20-25-27-28-26-20/h2-6,8-11,24H,7H2,1H3,(H,25,26,27,28). The van der Waals surface area contributed by atoms with E-state index in [4.69, 9.17) is 9.72 Å². The zero-order valence-corrected chi connectivity index (χ0v) is 15.5. The number of tetrazole rings is 1. The maximum Gasteiger partial charge on any atom is 0.198 e. The van der Waals surface area contributed by atoms with Gasteiger partial charge < -0.3 is 9.72 Å². The van der Waals surface area contributed by atoms with Crippen LogP contribution in [-0.4, -0.2) is 47.7 Å². The number of pyridine rings is 1. The van der Waals surface area contributed by atoms with Gasteiger partial charge in [-0.1, -0.05) is 6.07 Å². The van der Waals surface area contributed by atoms with E-state index in [1.165, 1.54) is 6.33 Å². The van der Waals surface area contributed by atoms with Gasteiger partial charge in [0.05, 0.1) is 12.8 Å². The van der Waals surface area contributed by atoms with Gasteiger partial charge in [0.15, 0.2) is 5.82 Å². The Morgan fingerprint density at radius 3 is 2.76 bits per heavy atom. The van der Waals surface area contributed by atoms with Gasteiger partial charge >= 0.3 is 0 Å². The minimum Gasteiger partial charge on any atom is -0.497 e. The van der Waals surface area contributed by atoms with Crippen molar-refractivity contribution in [3.8, 4) is 28.5 Å². The molecule has 0 unspecified atom stereocenters. The normalized spacial score (nSPS) is 11.1. The summed E-state index contributed by atoms with van der Waals surface area (Å²) < 4.78 is 5.37. The molecule has 1 aromatic carbocycles. The molecule has 0 fully saturated rings. The van der Waals surface area contributed by atoms with Gasteiger partial charge in [0.1, 0.15) is 17.8 Å². The average Bonchev–Trinajstić information content (AvgIpc) is 3.43. The monoisotopic (exact) mass is 384 g/mol. The Balaban J connectivity index is 1.63. The zero-order valence-electron chi connectivity index (χ0n) is 15.5. The van der Waals surface area contributed by atoms with Crippen LogP contribution in [0.3, 0.4) is 0 Å². The number of benzene rings is 1. The second-order valence-electron chi connectivity index (χ2n) is 6.46.